The first-order valence-corrected chi connectivity index (χ1v) is 11.1. The molecule has 0 amide bonds. The van der Waals surface area contributed by atoms with Crippen LogP contribution >= 0.6 is 0 Å². The van der Waals surface area contributed by atoms with Gasteiger partial charge in [-0.1, -0.05) is 56.7 Å². The van der Waals surface area contributed by atoms with Crippen LogP contribution in [0, 0.1) is 23.2 Å². The molecule has 7 atom stereocenters. The molecule has 2 nitrogen and oxygen atoms in total. The van der Waals surface area contributed by atoms with Gasteiger partial charge in [0.05, 0.1) is 6.10 Å². The van der Waals surface area contributed by atoms with E-state index in [2.05, 4.69) is 50.2 Å². The summed E-state index contributed by atoms with van der Waals surface area (Å²) >= 11 is 0. The standard InChI is InChI=1S/C26H32O2/c1-3-19-23(28)15-26(2)12-11-21-20-10-9-18(27)13-17(20)14-22(24(21)25(19)26)16-7-5-4-6-8-16/h4-10,13,19,21-25,27-28H,3,11-12,14-15H2,1-2H3/t19-,21+,22-,23+,24-,25-,26+/m0/s1. The van der Waals surface area contributed by atoms with Crippen LogP contribution in [0.2, 0.25) is 0 Å². The number of phenolic OH excluding ortho intramolecular Hbond substituents is 1. The van der Waals surface area contributed by atoms with Crippen LogP contribution in [0.4, 0.5) is 0 Å². The predicted octanol–water partition coefficient (Wildman–Crippen LogP) is 5.64. The average molecular weight is 377 g/mol. The number of aliphatic hydroxyl groups is 1. The number of hydrogen-bond donors (Lipinski definition) is 2. The molecule has 3 aliphatic rings. The molecule has 0 aliphatic heterocycles. The van der Waals surface area contributed by atoms with Crippen LogP contribution in [0.5, 0.6) is 5.75 Å². The van der Waals surface area contributed by atoms with Crippen LogP contribution in [0.1, 0.15) is 68.1 Å². The lowest BCUT2D eigenvalue weighted by molar-refractivity contribution is 0.0167. The van der Waals surface area contributed by atoms with Crippen molar-refractivity contribution in [2.45, 2.75) is 63.9 Å². The Kier molecular flexibility index (Phi) is 4.32. The van der Waals surface area contributed by atoms with Crippen molar-refractivity contribution in [1.29, 1.82) is 0 Å². The van der Waals surface area contributed by atoms with Gasteiger partial charge in [0.15, 0.2) is 0 Å². The molecule has 2 saturated carbocycles. The molecule has 2 heteroatoms. The molecule has 0 unspecified atom stereocenters. The lowest BCUT2D eigenvalue weighted by atomic mass is 9.50. The van der Waals surface area contributed by atoms with Gasteiger partial charge in [0.25, 0.3) is 0 Å². The zero-order valence-electron chi connectivity index (χ0n) is 17.0. The van der Waals surface area contributed by atoms with Gasteiger partial charge in [-0.2, -0.15) is 0 Å². The molecule has 148 valence electrons. The molecule has 2 N–H and O–H groups in total. The monoisotopic (exact) mass is 376 g/mol. The molecule has 28 heavy (non-hydrogen) atoms. The summed E-state index contributed by atoms with van der Waals surface area (Å²) in [6.45, 7) is 4.71. The van der Waals surface area contributed by atoms with E-state index in [1.165, 1.54) is 29.5 Å². The Labute approximate surface area is 168 Å². The van der Waals surface area contributed by atoms with E-state index >= 15 is 0 Å². The molecule has 3 aliphatic carbocycles. The van der Waals surface area contributed by atoms with E-state index in [9.17, 15) is 10.2 Å². The number of aromatic hydroxyl groups is 1. The molecular weight excluding hydrogens is 344 g/mol. The van der Waals surface area contributed by atoms with Crippen molar-refractivity contribution in [3.05, 3.63) is 65.2 Å². The highest BCUT2D eigenvalue weighted by molar-refractivity contribution is 5.43. The summed E-state index contributed by atoms with van der Waals surface area (Å²) in [5.41, 5.74) is 4.45. The Morgan fingerprint density at radius 3 is 2.61 bits per heavy atom. The van der Waals surface area contributed by atoms with E-state index in [1.54, 1.807) is 0 Å². The van der Waals surface area contributed by atoms with E-state index in [-0.39, 0.29) is 11.5 Å². The van der Waals surface area contributed by atoms with Crippen LogP contribution in [0.15, 0.2) is 48.5 Å². The summed E-state index contributed by atoms with van der Waals surface area (Å²) in [7, 11) is 0. The fourth-order valence-corrected chi connectivity index (χ4v) is 7.43. The fraction of sp³-hybridized carbons (Fsp3) is 0.538. The summed E-state index contributed by atoms with van der Waals surface area (Å²) in [5.74, 6) is 2.92. The molecule has 0 bridgehead atoms. The van der Waals surface area contributed by atoms with E-state index in [1.807, 2.05) is 12.1 Å². The summed E-state index contributed by atoms with van der Waals surface area (Å²) < 4.78 is 0. The van der Waals surface area contributed by atoms with E-state index < -0.39 is 0 Å². The summed E-state index contributed by atoms with van der Waals surface area (Å²) in [6, 6.07) is 17.0. The van der Waals surface area contributed by atoms with Gasteiger partial charge in [0.2, 0.25) is 0 Å². The van der Waals surface area contributed by atoms with Crippen molar-refractivity contribution >= 4 is 0 Å². The van der Waals surface area contributed by atoms with Crippen molar-refractivity contribution in [1.82, 2.24) is 0 Å². The summed E-state index contributed by atoms with van der Waals surface area (Å²) in [6.07, 6.45) is 5.26. The predicted molar refractivity (Wildman–Crippen MR) is 112 cm³/mol. The van der Waals surface area contributed by atoms with Crippen molar-refractivity contribution in [2.24, 2.45) is 23.2 Å². The lowest BCUT2D eigenvalue weighted by Crippen LogP contribution is -2.45. The maximum Gasteiger partial charge on any atom is 0.115 e. The normalized spacial score (nSPS) is 39.1. The van der Waals surface area contributed by atoms with Crippen LogP contribution in [-0.2, 0) is 6.42 Å². The Morgan fingerprint density at radius 2 is 1.86 bits per heavy atom. The smallest absolute Gasteiger partial charge is 0.115 e. The Balaban J connectivity index is 1.67. The average Bonchev–Trinajstić information content (AvgIpc) is 2.96. The summed E-state index contributed by atoms with van der Waals surface area (Å²) in [5, 5.41) is 21.0. The van der Waals surface area contributed by atoms with Gasteiger partial charge in [0.1, 0.15) is 5.75 Å². The van der Waals surface area contributed by atoms with Crippen LogP contribution in [0.25, 0.3) is 0 Å². The summed E-state index contributed by atoms with van der Waals surface area (Å²) in [4.78, 5) is 0. The Morgan fingerprint density at radius 1 is 1.07 bits per heavy atom. The highest BCUT2D eigenvalue weighted by Crippen LogP contribution is 2.65. The van der Waals surface area contributed by atoms with Crippen LogP contribution < -0.4 is 0 Å². The van der Waals surface area contributed by atoms with E-state index in [0.717, 1.165) is 19.3 Å². The number of hydrogen-bond acceptors (Lipinski definition) is 2. The van der Waals surface area contributed by atoms with Crippen LogP contribution in [-0.4, -0.2) is 16.3 Å². The minimum atomic E-state index is -0.156. The largest absolute Gasteiger partial charge is 0.508 e. The SMILES string of the molecule is CC[C@@H]1[C@H]2[C@H]3[C@H](CC[C@]2(C)C[C@H]1O)c1ccc(O)cc1C[C@H]3c1ccccc1. The zero-order chi connectivity index (χ0) is 19.5. The molecule has 0 saturated heterocycles. The van der Waals surface area contributed by atoms with Gasteiger partial charge in [-0.15, -0.1) is 0 Å². The Hall–Kier alpha value is -1.80. The second kappa shape index (κ2) is 6.62. The van der Waals surface area contributed by atoms with Gasteiger partial charge in [-0.05, 0) is 89.5 Å². The Bertz CT molecular complexity index is 860. The second-order valence-corrected chi connectivity index (χ2v) is 9.85. The van der Waals surface area contributed by atoms with Crippen LogP contribution in [0.3, 0.4) is 0 Å². The topological polar surface area (TPSA) is 40.5 Å². The minimum Gasteiger partial charge on any atom is -0.508 e. The number of benzene rings is 2. The number of rotatable bonds is 2. The first-order chi connectivity index (χ1) is 13.5. The number of fused-ring (bicyclic) bond motifs is 5. The van der Waals surface area contributed by atoms with Gasteiger partial charge in [0, 0.05) is 0 Å². The molecule has 5 rings (SSSR count). The maximum absolute atomic E-state index is 10.9. The molecule has 0 aromatic heterocycles. The molecule has 0 heterocycles. The molecule has 2 aromatic carbocycles. The second-order valence-electron chi connectivity index (χ2n) is 9.85. The van der Waals surface area contributed by atoms with Gasteiger partial charge >= 0.3 is 0 Å². The molecule has 2 fully saturated rings. The third-order valence-electron chi connectivity index (χ3n) is 8.47. The third kappa shape index (κ3) is 2.64. The van der Waals surface area contributed by atoms with E-state index in [0.29, 0.717) is 35.3 Å². The molecule has 0 spiro atoms. The molecular formula is C26H32O2. The van der Waals surface area contributed by atoms with Gasteiger partial charge in [-0.25, -0.2) is 0 Å². The van der Waals surface area contributed by atoms with Gasteiger partial charge in [-0.3, -0.25) is 0 Å². The number of phenols is 1. The maximum atomic E-state index is 10.9. The van der Waals surface area contributed by atoms with Gasteiger partial charge < -0.3 is 10.2 Å². The number of aliphatic hydroxyl groups excluding tert-OH is 1. The molecule has 2 aromatic rings. The van der Waals surface area contributed by atoms with Crippen molar-refractivity contribution < 1.29 is 10.2 Å². The lowest BCUT2D eigenvalue weighted by Gasteiger charge is -2.53. The zero-order valence-corrected chi connectivity index (χ0v) is 17.0. The third-order valence-corrected chi connectivity index (χ3v) is 8.47. The first-order valence-electron chi connectivity index (χ1n) is 11.1. The first kappa shape index (κ1) is 18.2. The highest BCUT2D eigenvalue weighted by atomic mass is 16.3. The fourth-order valence-electron chi connectivity index (χ4n) is 7.43. The molecule has 0 radical (unpaired) electrons. The quantitative estimate of drug-likeness (QED) is 0.712. The van der Waals surface area contributed by atoms with E-state index in [4.69, 9.17) is 0 Å². The minimum absolute atomic E-state index is 0.156. The highest BCUT2D eigenvalue weighted by Gasteiger charge is 2.59. The van der Waals surface area contributed by atoms with Crippen molar-refractivity contribution in [2.75, 3.05) is 0 Å². The van der Waals surface area contributed by atoms with Crippen molar-refractivity contribution in [3.63, 3.8) is 0 Å². The van der Waals surface area contributed by atoms with Crippen molar-refractivity contribution in [3.8, 4) is 5.75 Å².